The van der Waals surface area contributed by atoms with Crippen LogP contribution in [0, 0.1) is 0 Å². The summed E-state index contributed by atoms with van der Waals surface area (Å²) in [5.74, 6) is -0.136. The summed E-state index contributed by atoms with van der Waals surface area (Å²) in [6.45, 7) is 9.19. The SMILES string of the molecule is CCOCOc1ccc(-n2cnc(-c3ccc(C(=O)O)cc3)c2)cc1C(C)(C)C. The molecule has 0 spiro atoms. The third kappa shape index (κ3) is 4.84. The van der Waals surface area contributed by atoms with Crippen LogP contribution in [0.2, 0.25) is 0 Å². The number of imidazole rings is 1. The average Bonchev–Trinajstić information content (AvgIpc) is 3.18. The largest absolute Gasteiger partial charge is 0.478 e. The summed E-state index contributed by atoms with van der Waals surface area (Å²) in [7, 11) is 0. The summed E-state index contributed by atoms with van der Waals surface area (Å²) in [5, 5.41) is 9.04. The molecule has 0 aliphatic carbocycles. The van der Waals surface area contributed by atoms with E-state index in [1.54, 1.807) is 30.6 Å². The predicted octanol–water partition coefficient (Wildman–Crippen LogP) is 4.91. The van der Waals surface area contributed by atoms with Crippen LogP contribution >= 0.6 is 0 Å². The van der Waals surface area contributed by atoms with Gasteiger partial charge in [-0.05, 0) is 42.7 Å². The Balaban J connectivity index is 1.90. The molecular formula is C23H26N2O4. The lowest BCUT2D eigenvalue weighted by atomic mass is 9.86. The molecule has 3 rings (SSSR count). The van der Waals surface area contributed by atoms with Crippen LogP contribution in [0.15, 0.2) is 55.0 Å². The molecule has 0 aliphatic rings. The second-order valence-corrected chi connectivity index (χ2v) is 7.73. The van der Waals surface area contributed by atoms with Gasteiger partial charge in [0.25, 0.3) is 0 Å². The highest BCUT2D eigenvalue weighted by atomic mass is 16.7. The number of ether oxygens (including phenoxy) is 2. The van der Waals surface area contributed by atoms with E-state index in [2.05, 4.69) is 31.8 Å². The van der Waals surface area contributed by atoms with E-state index >= 15 is 0 Å². The fourth-order valence-corrected chi connectivity index (χ4v) is 2.98. The van der Waals surface area contributed by atoms with Gasteiger partial charge in [0, 0.05) is 29.6 Å². The molecule has 0 bridgehead atoms. The van der Waals surface area contributed by atoms with Crippen molar-refractivity contribution in [3.63, 3.8) is 0 Å². The van der Waals surface area contributed by atoms with Crippen LogP contribution in [0.3, 0.4) is 0 Å². The third-order valence-electron chi connectivity index (χ3n) is 4.58. The van der Waals surface area contributed by atoms with Crippen LogP contribution in [0.4, 0.5) is 0 Å². The van der Waals surface area contributed by atoms with Crippen LogP contribution in [-0.2, 0) is 10.2 Å². The molecule has 29 heavy (non-hydrogen) atoms. The van der Waals surface area contributed by atoms with E-state index in [1.165, 1.54) is 0 Å². The number of nitrogens with zero attached hydrogens (tertiary/aromatic N) is 2. The predicted molar refractivity (Wildman–Crippen MR) is 112 cm³/mol. The van der Waals surface area contributed by atoms with E-state index in [1.807, 2.05) is 29.8 Å². The van der Waals surface area contributed by atoms with Crippen molar-refractivity contribution >= 4 is 5.97 Å². The summed E-state index contributed by atoms with van der Waals surface area (Å²) in [5.41, 5.74) is 3.84. The first kappa shape index (κ1) is 20.6. The zero-order valence-electron chi connectivity index (χ0n) is 17.2. The highest BCUT2D eigenvalue weighted by Crippen LogP contribution is 2.33. The quantitative estimate of drug-likeness (QED) is 0.455. The van der Waals surface area contributed by atoms with Gasteiger partial charge in [-0.15, -0.1) is 0 Å². The van der Waals surface area contributed by atoms with E-state index < -0.39 is 5.97 Å². The molecule has 6 heteroatoms. The molecule has 2 aromatic carbocycles. The molecular weight excluding hydrogens is 368 g/mol. The molecule has 0 saturated heterocycles. The molecule has 0 amide bonds. The molecule has 0 saturated carbocycles. The van der Waals surface area contributed by atoms with Gasteiger partial charge >= 0.3 is 5.97 Å². The van der Waals surface area contributed by atoms with Gasteiger partial charge in [-0.1, -0.05) is 32.9 Å². The van der Waals surface area contributed by atoms with E-state index in [0.29, 0.717) is 6.61 Å². The Labute approximate surface area is 170 Å². The van der Waals surface area contributed by atoms with Crippen LogP contribution in [0.25, 0.3) is 16.9 Å². The zero-order chi connectivity index (χ0) is 21.0. The van der Waals surface area contributed by atoms with Crippen molar-refractivity contribution in [2.75, 3.05) is 13.4 Å². The van der Waals surface area contributed by atoms with Crippen molar-refractivity contribution in [2.45, 2.75) is 33.1 Å². The maximum absolute atomic E-state index is 11.0. The number of rotatable bonds is 7. The minimum absolute atomic E-state index is 0.104. The van der Waals surface area contributed by atoms with Crippen LogP contribution in [-0.4, -0.2) is 34.0 Å². The molecule has 0 aliphatic heterocycles. The molecule has 1 N–H and O–H groups in total. The van der Waals surface area contributed by atoms with Crippen LogP contribution in [0.1, 0.15) is 43.6 Å². The topological polar surface area (TPSA) is 73.6 Å². The maximum atomic E-state index is 11.0. The highest BCUT2D eigenvalue weighted by molar-refractivity contribution is 5.88. The van der Waals surface area contributed by atoms with Crippen molar-refractivity contribution in [3.05, 3.63) is 66.1 Å². The highest BCUT2D eigenvalue weighted by Gasteiger charge is 2.20. The number of benzene rings is 2. The van der Waals surface area contributed by atoms with Crippen molar-refractivity contribution in [1.29, 1.82) is 0 Å². The smallest absolute Gasteiger partial charge is 0.335 e. The summed E-state index contributed by atoms with van der Waals surface area (Å²) >= 11 is 0. The van der Waals surface area contributed by atoms with Gasteiger partial charge in [-0.2, -0.15) is 0 Å². The van der Waals surface area contributed by atoms with Gasteiger partial charge in [0.15, 0.2) is 6.79 Å². The standard InChI is InChI=1S/C23H26N2O4/c1-5-28-15-29-21-11-10-18(12-19(21)23(2,3)4)25-13-20(24-14-25)16-6-8-17(9-7-16)22(26)27/h6-14H,5,15H2,1-4H3,(H,26,27). The maximum Gasteiger partial charge on any atom is 0.335 e. The Morgan fingerprint density at radius 1 is 1.14 bits per heavy atom. The molecule has 3 aromatic rings. The van der Waals surface area contributed by atoms with E-state index in [9.17, 15) is 4.79 Å². The first-order chi connectivity index (χ1) is 13.8. The summed E-state index contributed by atoms with van der Waals surface area (Å²) in [6.07, 6.45) is 3.68. The molecule has 0 atom stereocenters. The Hall–Kier alpha value is -3.12. The molecule has 1 heterocycles. The number of carbonyl (C=O) groups is 1. The van der Waals surface area contributed by atoms with Crippen molar-refractivity contribution in [3.8, 4) is 22.7 Å². The van der Waals surface area contributed by atoms with Gasteiger partial charge in [0.05, 0.1) is 17.6 Å². The van der Waals surface area contributed by atoms with Crippen molar-refractivity contribution < 1.29 is 19.4 Å². The number of carboxylic acids is 1. The Kier molecular flexibility index (Phi) is 6.03. The first-order valence-electron chi connectivity index (χ1n) is 9.52. The fourth-order valence-electron chi connectivity index (χ4n) is 2.98. The van der Waals surface area contributed by atoms with Gasteiger partial charge in [0.1, 0.15) is 5.75 Å². The van der Waals surface area contributed by atoms with Crippen LogP contribution < -0.4 is 4.74 Å². The summed E-state index contributed by atoms with van der Waals surface area (Å²) in [6, 6.07) is 12.7. The Morgan fingerprint density at radius 3 is 2.48 bits per heavy atom. The Bertz CT molecular complexity index is 985. The second kappa shape index (κ2) is 8.49. The normalized spacial score (nSPS) is 11.4. The molecule has 1 aromatic heterocycles. The lowest BCUT2D eigenvalue weighted by molar-refractivity contribution is 0.0213. The summed E-state index contributed by atoms with van der Waals surface area (Å²) < 4.78 is 13.1. The molecule has 6 nitrogen and oxygen atoms in total. The van der Waals surface area contributed by atoms with Crippen LogP contribution in [0.5, 0.6) is 5.75 Å². The number of carboxylic acid groups (broad SMARTS) is 1. The van der Waals surface area contributed by atoms with Gasteiger partial charge < -0.3 is 19.1 Å². The number of aromatic nitrogens is 2. The monoisotopic (exact) mass is 394 g/mol. The second-order valence-electron chi connectivity index (χ2n) is 7.73. The average molecular weight is 394 g/mol. The molecule has 0 radical (unpaired) electrons. The lowest BCUT2D eigenvalue weighted by Gasteiger charge is -2.23. The molecule has 0 fully saturated rings. The fraction of sp³-hybridized carbons (Fsp3) is 0.304. The molecule has 0 unspecified atom stereocenters. The first-order valence-corrected chi connectivity index (χ1v) is 9.52. The van der Waals surface area contributed by atoms with E-state index in [4.69, 9.17) is 14.6 Å². The summed E-state index contributed by atoms with van der Waals surface area (Å²) in [4.78, 5) is 15.5. The van der Waals surface area contributed by atoms with Gasteiger partial charge in [-0.3, -0.25) is 0 Å². The van der Waals surface area contributed by atoms with Gasteiger partial charge in [0.2, 0.25) is 0 Å². The minimum atomic E-state index is -0.941. The van der Waals surface area contributed by atoms with E-state index in [0.717, 1.165) is 28.3 Å². The van der Waals surface area contributed by atoms with Gasteiger partial charge in [-0.25, -0.2) is 9.78 Å². The van der Waals surface area contributed by atoms with Crippen molar-refractivity contribution in [1.82, 2.24) is 9.55 Å². The number of aromatic carboxylic acids is 1. The Morgan fingerprint density at radius 2 is 1.86 bits per heavy atom. The zero-order valence-corrected chi connectivity index (χ0v) is 17.2. The number of hydrogen-bond donors (Lipinski definition) is 1. The molecule has 152 valence electrons. The van der Waals surface area contributed by atoms with Crippen molar-refractivity contribution in [2.24, 2.45) is 0 Å². The minimum Gasteiger partial charge on any atom is -0.478 e. The lowest BCUT2D eigenvalue weighted by Crippen LogP contribution is -2.15. The number of hydrogen-bond acceptors (Lipinski definition) is 4. The van der Waals surface area contributed by atoms with E-state index in [-0.39, 0.29) is 17.8 Å². The third-order valence-corrected chi connectivity index (χ3v) is 4.58.